The van der Waals surface area contributed by atoms with Crippen molar-refractivity contribution in [3.05, 3.63) is 48.0 Å². The van der Waals surface area contributed by atoms with Crippen LogP contribution in [-0.2, 0) is 14.3 Å². The summed E-state index contributed by atoms with van der Waals surface area (Å²) in [6, 6.07) is 9.43. The molecular formula is C22H26N2O8. The van der Waals surface area contributed by atoms with Gasteiger partial charge in [0.05, 0.1) is 33.5 Å². The Morgan fingerprint density at radius 1 is 1.03 bits per heavy atom. The van der Waals surface area contributed by atoms with E-state index in [2.05, 4.69) is 5.32 Å². The first kappa shape index (κ1) is 24.7. The molecule has 0 aliphatic heterocycles. The molecule has 0 heterocycles. The van der Waals surface area contributed by atoms with E-state index in [0.29, 0.717) is 28.5 Å². The summed E-state index contributed by atoms with van der Waals surface area (Å²) >= 11 is 0. The molecule has 32 heavy (non-hydrogen) atoms. The van der Waals surface area contributed by atoms with Crippen molar-refractivity contribution in [2.45, 2.75) is 5.72 Å². The maximum atomic E-state index is 12.4. The first-order valence-electron chi connectivity index (χ1n) is 9.36. The van der Waals surface area contributed by atoms with Crippen LogP contribution in [0.25, 0.3) is 6.08 Å². The van der Waals surface area contributed by atoms with E-state index in [4.69, 9.17) is 29.4 Å². The fraction of sp³-hybridized carbons (Fsp3) is 0.273. The van der Waals surface area contributed by atoms with E-state index in [1.807, 2.05) is 0 Å². The summed E-state index contributed by atoms with van der Waals surface area (Å²) in [5.41, 5.74) is 4.54. The Hall–Kier alpha value is -3.60. The lowest BCUT2D eigenvalue weighted by Crippen LogP contribution is -2.55. The highest BCUT2D eigenvalue weighted by atomic mass is 16.6. The number of ether oxygens (including phenoxy) is 5. The predicted molar refractivity (Wildman–Crippen MR) is 117 cm³/mol. The Labute approximate surface area is 185 Å². The van der Waals surface area contributed by atoms with E-state index in [-0.39, 0.29) is 5.75 Å². The molecule has 0 fully saturated rings. The molecule has 1 amide bonds. The number of carbonyl (C=O) groups excluding carboxylic acids is 2. The standard InChI is InChI=1S/C22H26N2O8/c1-28-16-11-18(29-2)17(19(12-16)30-3)8-9-20(26)24-14-6-5-7-15(10-14)32-21(27)22(23,13-25)31-4/h5-12,25H,13,23H2,1-4H3,(H,24,26). The lowest BCUT2D eigenvalue weighted by molar-refractivity contribution is -0.163. The summed E-state index contributed by atoms with van der Waals surface area (Å²) in [6.45, 7) is -0.762. The number of anilines is 1. The molecule has 4 N–H and O–H groups in total. The number of nitrogens with two attached hydrogens (primary N) is 1. The van der Waals surface area contributed by atoms with Gasteiger partial charge in [0.15, 0.2) is 0 Å². The summed E-state index contributed by atoms with van der Waals surface area (Å²) in [5, 5.41) is 11.9. The maximum Gasteiger partial charge on any atom is 0.361 e. The number of rotatable bonds is 10. The average molecular weight is 446 g/mol. The molecule has 172 valence electrons. The zero-order valence-corrected chi connectivity index (χ0v) is 18.2. The third-order valence-corrected chi connectivity index (χ3v) is 4.41. The normalized spacial score (nSPS) is 12.7. The van der Waals surface area contributed by atoms with Gasteiger partial charge in [-0.05, 0) is 18.2 Å². The number of amides is 1. The number of benzene rings is 2. The van der Waals surface area contributed by atoms with Gasteiger partial charge in [0.25, 0.3) is 0 Å². The van der Waals surface area contributed by atoms with E-state index in [1.54, 1.807) is 30.3 Å². The average Bonchev–Trinajstić information content (AvgIpc) is 2.81. The Morgan fingerprint density at radius 3 is 2.22 bits per heavy atom. The Kier molecular flexibility index (Phi) is 8.59. The van der Waals surface area contributed by atoms with Crippen molar-refractivity contribution < 1.29 is 38.4 Å². The summed E-state index contributed by atoms with van der Waals surface area (Å²) < 4.78 is 25.8. The predicted octanol–water partition coefficient (Wildman–Crippen LogP) is 1.56. The van der Waals surface area contributed by atoms with Gasteiger partial charge in [-0.3, -0.25) is 10.5 Å². The molecule has 2 aromatic carbocycles. The lowest BCUT2D eigenvalue weighted by atomic mass is 10.1. The first-order chi connectivity index (χ1) is 15.3. The van der Waals surface area contributed by atoms with Crippen LogP contribution in [0.3, 0.4) is 0 Å². The van der Waals surface area contributed by atoms with E-state index in [9.17, 15) is 14.7 Å². The fourth-order valence-electron chi connectivity index (χ4n) is 2.58. The van der Waals surface area contributed by atoms with Crippen molar-refractivity contribution in [2.24, 2.45) is 5.73 Å². The maximum absolute atomic E-state index is 12.4. The zero-order valence-electron chi connectivity index (χ0n) is 18.2. The Morgan fingerprint density at radius 2 is 1.69 bits per heavy atom. The second-order valence-corrected chi connectivity index (χ2v) is 6.44. The summed E-state index contributed by atoms with van der Waals surface area (Å²) in [5.74, 6) is 0.148. The summed E-state index contributed by atoms with van der Waals surface area (Å²) in [7, 11) is 5.69. The van der Waals surface area contributed by atoms with E-state index < -0.39 is 24.2 Å². The number of carbonyl (C=O) groups is 2. The monoisotopic (exact) mass is 446 g/mol. The van der Waals surface area contributed by atoms with Crippen LogP contribution in [0, 0.1) is 0 Å². The van der Waals surface area contributed by atoms with Crippen LogP contribution in [0.1, 0.15) is 5.56 Å². The molecule has 0 spiro atoms. The molecule has 0 aromatic heterocycles. The van der Waals surface area contributed by atoms with Crippen molar-refractivity contribution in [1.29, 1.82) is 0 Å². The number of aliphatic hydroxyl groups is 1. The second kappa shape index (κ2) is 11.1. The highest BCUT2D eigenvalue weighted by Gasteiger charge is 2.35. The molecule has 0 saturated carbocycles. The van der Waals surface area contributed by atoms with Crippen LogP contribution in [0.2, 0.25) is 0 Å². The van der Waals surface area contributed by atoms with Crippen LogP contribution < -0.4 is 30.0 Å². The van der Waals surface area contributed by atoms with E-state index >= 15 is 0 Å². The minimum Gasteiger partial charge on any atom is -0.496 e. The van der Waals surface area contributed by atoms with Crippen molar-refractivity contribution in [2.75, 3.05) is 40.4 Å². The molecule has 1 atom stereocenters. The molecule has 0 radical (unpaired) electrons. The molecule has 1 unspecified atom stereocenters. The molecule has 0 bridgehead atoms. The minimum absolute atomic E-state index is 0.107. The smallest absolute Gasteiger partial charge is 0.361 e. The van der Waals surface area contributed by atoms with Gasteiger partial charge in [-0.2, -0.15) is 0 Å². The first-order valence-corrected chi connectivity index (χ1v) is 9.36. The molecule has 0 saturated heterocycles. The van der Waals surface area contributed by atoms with Gasteiger partial charge < -0.3 is 34.1 Å². The minimum atomic E-state index is -1.99. The molecule has 10 nitrogen and oxygen atoms in total. The van der Waals surface area contributed by atoms with Crippen LogP contribution in [0.5, 0.6) is 23.0 Å². The SMILES string of the molecule is COc1cc(OC)c(C=CC(=O)Nc2cccc(OC(=O)C(N)(CO)OC)c2)c(OC)c1. The third kappa shape index (κ3) is 5.97. The van der Waals surface area contributed by atoms with Crippen molar-refractivity contribution in [3.63, 3.8) is 0 Å². The highest BCUT2D eigenvalue weighted by molar-refractivity contribution is 6.02. The van der Waals surface area contributed by atoms with Gasteiger partial charge in [0.2, 0.25) is 11.6 Å². The van der Waals surface area contributed by atoms with Gasteiger partial charge in [0, 0.05) is 37.1 Å². The van der Waals surface area contributed by atoms with Gasteiger partial charge >= 0.3 is 5.97 Å². The molecular weight excluding hydrogens is 420 g/mol. The lowest BCUT2D eigenvalue weighted by Gasteiger charge is -2.22. The highest BCUT2D eigenvalue weighted by Crippen LogP contribution is 2.35. The van der Waals surface area contributed by atoms with E-state index in [0.717, 1.165) is 0 Å². The van der Waals surface area contributed by atoms with Gasteiger partial charge in [-0.15, -0.1) is 0 Å². The second-order valence-electron chi connectivity index (χ2n) is 6.44. The van der Waals surface area contributed by atoms with Crippen LogP contribution in [0.15, 0.2) is 42.5 Å². The van der Waals surface area contributed by atoms with Gasteiger partial charge in [0.1, 0.15) is 23.0 Å². The number of aliphatic hydroxyl groups excluding tert-OH is 1. The fourth-order valence-corrected chi connectivity index (χ4v) is 2.58. The van der Waals surface area contributed by atoms with Crippen molar-refractivity contribution in [1.82, 2.24) is 0 Å². The number of esters is 1. The van der Waals surface area contributed by atoms with Gasteiger partial charge in [-0.25, -0.2) is 4.79 Å². The van der Waals surface area contributed by atoms with Crippen molar-refractivity contribution in [3.8, 4) is 23.0 Å². The number of hydrogen-bond donors (Lipinski definition) is 3. The Bertz CT molecular complexity index is 961. The molecule has 0 aliphatic rings. The number of nitrogens with one attached hydrogen (secondary N) is 1. The van der Waals surface area contributed by atoms with Crippen molar-refractivity contribution >= 4 is 23.6 Å². The topological polar surface area (TPSA) is 139 Å². The largest absolute Gasteiger partial charge is 0.496 e. The summed E-state index contributed by atoms with van der Waals surface area (Å²) in [4.78, 5) is 24.5. The quantitative estimate of drug-likeness (QED) is 0.215. The van der Waals surface area contributed by atoms with Gasteiger partial charge in [-0.1, -0.05) is 6.07 Å². The Balaban J connectivity index is 2.15. The molecule has 2 aromatic rings. The molecule has 0 aliphatic carbocycles. The van der Waals surface area contributed by atoms with Crippen LogP contribution >= 0.6 is 0 Å². The third-order valence-electron chi connectivity index (χ3n) is 4.41. The van der Waals surface area contributed by atoms with Crippen LogP contribution in [-0.4, -0.2) is 57.8 Å². The number of methoxy groups -OCH3 is 4. The summed E-state index contributed by atoms with van der Waals surface area (Å²) in [6.07, 6.45) is 2.84. The zero-order chi connectivity index (χ0) is 23.7. The molecule has 2 rings (SSSR count). The van der Waals surface area contributed by atoms with E-state index in [1.165, 1.54) is 46.6 Å². The van der Waals surface area contributed by atoms with Crippen LogP contribution in [0.4, 0.5) is 5.69 Å². The molecule has 10 heteroatoms. The number of hydrogen-bond acceptors (Lipinski definition) is 9.